The predicted molar refractivity (Wildman–Crippen MR) is 63.5 cm³/mol. The summed E-state index contributed by atoms with van der Waals surface area (Å²) in [6.45, 7) is 4.85. The quantitative estimate of drug-likeness (QED) is 0.878. The molecule has 4 heteroatoms. The molecule has 2 nitrogen and oxygen atoms in total. The van der Waals surface area contributed by atoms with Crippen molar-refractivity contribution in [3.8, 4) is 0 Å². The summed E-state index contributed by atoms with van der Waals surface area (Å²) >= 11 is 0. The molecule has 0 saturated carbocycles. The fourth-order valence-corrected chi connectivity index (χ4v) is 2.37. The number of nitrogens with two attached hydrogens (primary N) is 1. The summed E-state index contributed by atoms with van der Waals surface area (Å²) in [6.07, 6.45) is 1.17. The Morgan fingerprint density at radius 3 is 2.82 bits per heavy atom. The molecule has 17 heavy (non-hydrogen) atoms. The molecule has 2 unspecified atom stereocenters. The summed E-state index contributed by atoms with van der Waals surface area (Å²) in [6, 6.07) is 3.20. The maximum atomic E-state index is 13.5. The zero-order valence-electron chi connectivity index (χ0n) is 10.00. The Balaban J connectivity index is 2.01. The molecule has 0 bridgehead atoms. The Kier molecular flexibility index (Phi) is 3.74. The van der Waals surface area contributed by atoms with Crippen molar-refractivity contribution in [3.05, 3.63) is 35.4 Å². The third-order valence-corrected chi connectivity index (χ3v) is 3.32. The standard InChI is InChI=1S/C13H18F2N2/c1-9-4-5-17(7-9)8-13(16)11-3-2-10(14)6-12(11)15/h2-3,6,9,13H,4-5,7-8,16H2,1H3. The van der Waals surface area contributed by atoms with E-state index in [2.05, 4.69) is 11.8 Å². The van der Waals surface area contributed by atoms with Gasteiger partial charge in [-0.05, 0) is 24.9 Å². The topological polar surface area (TPSA) is 29.3 Å². The van der Waals surface area contributed by atoms with E-state index in [0.29, 0.717) is 18.0 Å². The lowest BCUT2D eigenvalue weighted by Crippen LogP contribution is -2.31. The fourth-order valence-electron chi connectivity index (χ4n) is 2.37. The van der Waals surface area contributed by atoms with Gasteiger partial charge in [-0.3, -0.25) is 0 Å². The van der Waals surface area contributed by atoms with Gasteiger partial charge in [-0.25, -0.2) is 8.78 Å². The van der Waals surface area contributed by atoms with Gasteiger partial charge in [0.25, 0.3) is 0 Å². The SMILES string of the molecule is CC1CCN(CC(N)c2ccc(F)cc2F)C1. The summed E-state index contributed by atoms with van der Waals surface area (Å²) < 4.78 is 26.3. The van der Waals surface area contributed by atoms with E-state index in [1.54, 1.807) is 0 Å². The number of likely N-dealkylation sites (tertiary alicyclic amines) is 1. The molecule has 2 N–H and O–H groups in total. The van der Waals surface area contributed by atoms with Gasteiger partial charge >= 0.3 is 0 Å². The molecule has 1 aliphatic rings. The van der Waals surface area contributed by atoms with Crippen LogP contribution >= 0.6 is 0 Å². The molecule has 1 heterocycles. The van der Waals surface area contributed by atoms with E-state index in [0.717, 1.165) is 19.2 Å². The predicted octanol–water partition coefficient (Wildman–Crippen LogP) is 2.31. The maximum absolute atomic E-state index is 13.5. The number of halogens is 2. The van der Waals surface area contributed by atoms with E-state index < -0.39 is 11.6 Å². The Hall–Kier alpha value is -1.00. The molecule has 94 valence electrons. The van der Waals surface area contributed by atoms with Crippen molar-refractivity contribution >= 4 is 0 Å². The first-order valence-electron chi connectivity index (χ1n) is 5.99. The lowest BCUT2D eigenvalue weighted by molar-refractivity contribution is 0.304. The van der Waals surface area contributed by atoms with Gasteiger partial charge in [0, 0.05) is 30.8 Å². The minimum absolute atomic E-state index is 0.388. The van der Waals surface area contributed by atoms with Crippen LogP contribution in [0.1, 0.15) is 24.9 Å². The van der Waals surface area contributed by atoms with E-state index in [9.17, 15) is 8.78 Å². The molecular formula is C13H18F2N2. The Morgan fingerprint density at radius 1 is 1.47 bits per heavy atom. The average Bonchev–Trinajstić information content (AvgIpc) is 2.63. The summed E-state index contributed by atoms with van der Waals surface area (Å²) in [5, 5.41) is 0. The van der Waals surface area contributed by atoms with Crippen LogP contribution in [-0.2, 0) is 0 Å². The smallest absolute Gasteiger partial charge is 0.130 e. The van der Waals surface area contributed by atoms with Crippen molar-refractivity contribution in [2.24, 2.45) is 11.7 Å². The van der Waals surface area contributed by atoms with Crippen molar-refractivity contribution in [1.29, 1.82) is 0 Å². The Bertz CT molecular complexity index is 395. The highest BCUT2D eigenvalue weighted by Gasteiger charge is 2.22. The van der Waals surface area contributed by atoms with Crippen molar-refractivity contribution in [2.75, 3.05) is 19.6 Å². The zero-order valence-corrected chi connectivity index (χ0v) is 10.00. The molecular weight excluding hydrogens is 222 g/mol. The van der Waals surface area contributed by atoms with E-state index >= 15 is 0 Å². The molecule has 0 amide bonds. The third kappa shape index (κ3) is 3.01. The van der Waals surface area contributed by atoms with Crippen LogP contribution in [0.15, 0.2) is 18.2 Å². The van der Waals surface area contributed by atoms with Crippen LogP contribution in [0.4, 0.5) is 8.78 Å². The second kappa shape index (κ2) is 5.10. The third-order valence-electron chi connectivity index (χ3n) is 3.32. The number of hydrogen-bond acceptors (Lipinski definition) is 2. The summed E-state index contributed by atoms with van der Waals surface area (Å²) in [4.78, 5) is 2.23. The molecule has 2 atom stereocenters. The van der Waals surface area contributed by atoms with Crippen LogP contribution in [0.2, 0.25) is 0 Å². The monoisotopic (exact) mass is 240 g/mol. The molecule has 1 aliphatic heterocycles. The molecule has 0 radical (unpaired) electrons. The lowest BCUT2D eigenvalue weighted by Gasteiger charge is -2.21. The van der Waals surface area contributed by atoms with Gasteiger partial charge in [-0.15, -0.1) is 0 Å². The largest absolute Gasteiger partial charge is 0.323 e. The van der Waals surface area contributed by atoms with Crippen LogP contribution < -0.4 is 5.73 Å². The molecule has 0 aliphatic carbocycles. The van der Waals surface area contributed by atoms with E-state index in [1.807, 2.05) is 0 Å². The average molecular weight is 240 g/mol. The van der Waals surface area contributed by atoms with Gasteiger partial charge in [0.15, 0.2) is 0 Å². The van der Waals surface area contributed by atoms with Crippen LogP contribution in [-0.4, -0.2) is 24.5 Å². The molecule has 1 fully saturated rings. The second-order valence-electron chi connectivity index (χ2n) is 4.93. The van der Waals surface area contributed by atoms with Gasteiger partial charge in [0.1, 0.15) is 11.6 Å². The van der Waals surface area contributed by atoms with Crippen molar-refractivity contribution in [3.63, 3.8) is 0 Å². The van der Waals surface area contributed by atoms with Crippen LogP contribution in [0.25, 0.3) is 0 Å². The van der Waals surface area contributed by atoms with Crippen LogP contribution in [0, 0.1) is 17.6 Å². The molecule has 1 aromatic carbocycles. The van der Waals surface area contributed by atoms with Gasteiger partial charge in [0.2, 0.25) is 0 Å². The van der Waals surface area contributed by atoms with E-state index in [-0.39, 0.29) is 6.04 Å². The van der Waals surface area contributed by atoms with E-state index in [4.69, 9.17) is 5.73 Å². The summed E-state index contributed by atoms with van der Waals surface area (Å²) in [5.74, 6) is -0.432. The van der Waals surface area contributed by atoms with E-state index in [1.165, 1.54) is 18.6 Å². The first kappa shape index (κ1) is 12.5. The highest BCUT2D eigenvalue weighted by molar-refractivity contribution is 5.22. The minimum atomic E-state index is -0.562. The molecule has 1 saturated heterocycles. The Morgan fingerprint density at radius 2 is 2.24 bits per heavy atom. The van der Waals surface area contributed by atoms with Gasteiger partial charge in [-0.1, -0.05) is 13.0 Å². The van der Waals surface area contributed by atoms with Crippen molar-refractivity contribution < 1.29 is 8.78 Å². The summed E-state index contributed by atoms with van der Waals surface area (Å²) in [7, 11) is 0. The lowest BCUT2D eigenvalue weighted by atomic mass is 10.1. The van der Waals surface area contributed by atoms with Crippen LogP contribution in [0.3, 0.4) is 0 Å². The van der Waals surface area contributed by atoms with Crippen LogP contribution in [0.5, 0.6) is 0 Å². The number of benzene rings is 1. The summed E-state index contributed by atoms with van der Waals surface area (Å²) in [5.41, 5.74) is 6.36. The van der Waals surface area contributed by atoms with Gasteiger partial charge < -0.3 is 10.6 Å². The first-order valence-corrected chi connectivity index (χ1v) is 5.99. The minimum Gasteiger partial charge on any atom is -0.323 e. The normalized spacial score (nSPS) is 22.9. The van der Waals surface area contributed by atoms with Gasteiger partial charge in [-0.2, -0.15) is 0 Å². The number of nitrogens with zero attached hydrogens (tertiary/aromatic N) is 1. The molecule has 0 aromatic heterocycles. The zero-order chi connectivity index (χ0) is 12.4. The molecule has 2 rings (SSSR count). The number of rotatable bonds is 3. The van der Waals surface area contributed by atoms with Gasteiger partial charge in [0.05, 0.1) is 0 Å². The highest BCUT2D eigenvalue weighted by Crippen LogP contribution is 2.21. The molecule has 1 aromatic rings. The first-order chi connectivity index (χ1) is 8.06. The highest BCUT2D eigenvalue weighted by atomic mass is 19.1. The van der Waals surface area contributed by atoms with Crippen molar-refractivity contribution in [1.82, 2.24) is 4.90 Å². The number of hydrogen-bond donors (Lipinski definition) is 1. The Labute approximate surface area is 100 Å². The second-order valence-corrected chi connectivity index (χ2v) is 4.93. The maximum Gasteiger partial charge on any atom is 0.130 e. The fraction of sp³-hybridized carbons (Fsp3) is 0.538. The van der Waals surface area contributed by atoms with Crippen molar-refractivity contribution in [2.45, 2.75) is 19.4 Å². The molecule has 0 spiro atoms.